The molecule has 3 aromatic rings. The van der Waals surface area contributed by atoms with Gasteiger partial charge in [-0.3, -0.25) is 9.88 Å². The van der Waals surface area contributed by atoms with E-state index in [2.05, 4.69) is 26.9 Å². The molecule has 8 rings (SSSR count). The van der Waals surface area contributed by atoms with E-state index in [0.29, 0.717) is 17.7 Å². The van der Waals surface area contributed by atoms with Gasteiger partial charge in [0.05, 0.1) is 22.3 Å². The van der Waals surface area contributed by atoms with Crippen LogP contribution in [0, 0.1) is 11.3 Å². The Morgan fingerprint density at radius 2 is 1.60 bits per heavy atom. The number of phenols is 1. The number of nitrogens with zero attached hydrogens (tertiary/aromatic N) is 3. The lowest BCUT2D eigenvalue weighted by molar-refractivity contribution is -0.162. The van der Waals surface area contributed by atoms with Crippen molar-refractivity contribution in [1.82, 2.24) is 19.8 Å². The molecule has 5 aliphatic rings. The maximum atomic E-state index is 13.2. The highest BCUT2D eigenvalue weighted by Gasteiger charge is 2.68. The molecule has 5 fully saturated rings. The van der Waals surface area contributed by atoms with Crippen LogP contribution in [0.15, 0.2) is 30.5 Å². The van der Waals surface area contributed by atoms with Crippen molar-refractivity contribution in [3.05, 3.63) is 36.2 Å². The second kappa shape index (κ2) is 10.8. The quantitative estimate of drug-likeness (QED) is 0.291. The fourth-order valence-electron chi connectivity index (χ4n) is 10.9. The molecule has 4 aliphatic heterocycles. The Balaban J connectivity index is 1.30. The predicted octanol–water partition coefficient (Wildman–Crippen LogP) is 7.10. The van der Waals surface area contributed by atoms with E-state index in [1.54, 1.807) is 6.07 Å². The fraction of sp³-hybridized carbons (Fsp3) is 0.694. The molecular formula is C36H50N4O2. The van der Waals surface area contributed by atoms with E-state index in [-0.39, 0.29) is 17.4 Å². The number of H-pyrrole nitrogens is 1. The van der Waals surface area contributed by atoms with E-state index in [4.69, 9.17) is 4.98 Å². The number of hydrogen-bond acceptors (Lipinski definition) is 5. The lowest BCUT2D eigenvalue weighted by Gasteiger charge is -2.61. The van der Waals surface area contributed by atoms with Crippen molar-refractivity contribution < 1.29 is 10.2 Å². The fourth-order valence-corrected chi connectivity index (χ4v) is 10.9. The number of rotatable bonds is 1. The number of pyridine rings is 1. The number of aromatic nitrogens is 2. The number of hydrogen-bond donors (Lipinski definition) is 3. The minimum absolute atomic E-state index is 0.0942. The van der Waals surface area contributed by atoms with Gasteiger partial charge in [-0.25, -0.2) is 0 Å². The van der Waals surface area contributed by atoms with Crippen LogP contribution in [0.25, 0.3) is 21.8 Å². The monoisotopic (exact) mass is 570 g/mol. The summed E-state index contributed by atoms with van der Waals surface area (Å²) in [7, 11) is 0. The Bertz CT molecular complexity index is 1440. The summed E-state index contributed by atoms with van der Waals surface area (Å²) in [5.74, 6) is 1.02. The lowest BCUT2D eigenvalue weighted by Crippen LogP contribution is -2.68. The summed E-state index contributed by atoms with van der Waals surface area (Å²) in [6.45, 7) is 4.68. The lowest BCUT2D eigenvalue weighted by atomic mass is 9.50. The smallest absolute Gasteiger partial charge is 0.139 e. The third-order valence-electron chi connectivity index (χ3n) is 12.5. The van der Waals surface area contributed by atoms with E-state index < -0.39 is 5.60 Å². The zero-order valence-corrected chi connectivity index (χ0v) is 25.4. The molecule has 226 valence electrons. The van der Waals surface area contributed by atoms with Gasteiger partial charge in [-0.2, -0.15) is 0 Å². The van der Waals surface area contributed by atoms with Crippen molar-refractivity contribution in [3.63, 3.8) is 0 Å². The summed E-state index contributed by atoms with van der Waals surface area (Å²) in [4.78, 5) is 14.5. The number of phenolic OH excluding ortho intramolecular Hbond substituents is 1. The van der Waals surface area contributed by atoms with Gasteiger partial charge in [-0.15, -0.1) is 0 Å². The second-order valence-corrected chi connectivity index (χ2v) is 14.8. The number of piperidine rings is 1. The van der Waals surface area contributed by atoms with Gasteiger partial charge in [0, 0.05) is 46.9 Å². The first kappa shape index (κ1) is 27.4. The molecule has 1 aliphatic carbocycles. The van der Waals surface area contributed by atoms with Crippen molar-refractivity contribution in [1.29, 1.82) is 0 Å². The SMILES string of the molecule is Oc1cccc2c1[nH]c1c([C@H]3C[C@@]4(O)CCCCCCCCN5CC[C@H]3[C@]3(C[C@@H]6CCCCCCN6[C@@H]43)C5)nccc12. The van der Waals surface area contributed by atoms with Gasteiger partial charge in [-0.05, 0) is 82.6 Å². The van der Waals surface area contributed by atoms with Gasteiger partial charge in [0.25, 0.3) is 0 Å². The molecule has 42 heavy (non-hydrogen) atoms. The number of aliphatic hydroxyl groups is 1. The molecule has 2 aromatic heterocycles. The zero-order chi connectivity index (χ0) is 28.3. The van der Waals surface area contributed by atoms with Crippen LogP contribution in [-0.2, 0) is 0 Å². The number of benzene rings is 1. The van der Waals surface area contributed by atoms with Gasteiger partial charge < -0.3 is 20.1 Å². The summed E-state index contributed by atoms with van der Waals surface area (Å²) < 4.78 is 0. The van der Waals surface area contributed by atoms with Gasteiger partial charge in [0.2, 0.25) is 0 Å². The number of aromatic hydroxyl groups is 1. The number of para-hydroxylation sites is 1. The van der Waals surface area contributed by atoms with Crippen LogP contribution < -0.4 is 0 Å². The normalized spacial score (nSPS) is 38.2. The summed E-state index contributed by atoms with van der Waals surface area (Å²) in [5, 5.41) is 26.1. The largest absolute Gasteiger partial charge is 0.506 e. The van der Waals surface area contributed by atoms with Crippen molar-refractivity contribution in [2.45, 2.75) is 120 Å². The van der Waals surface area contributed by atoms with Crippen LogP contribution in [0.1, 0.15) is 108 Å². The Morgan fingerprint density at radius 1 is 0.810 bits per heavy atom. The topological polar surface area (TPSA) is 75.6 Å². The maximum absolute atomic E-state index is 13.2. The molecule has 3 bridgehead atoms. The van der Waals surface area contributed by atoms with Crippen molar-refractivity contribution >= 4 is 21.8 Å². The van der Waals surface area contributed by atoms with Crippen LogP contribution in [0.2, 0.25) is 0 Å². The summed E-state index contributed by atoms with van der Waals surface area (Å²) in [6.07, 6.45) is 20.4. The van der Waals surface area contributed by atoms with Gasteiger partial charge >= 0.3 is 0 Å². The summed E-state index contributed by atoms with van der Waals surface area (Å²) in [6, 6.07) is 8.77. The average molecular weight is 571 g/mol. The standard InChI is InChI=1S/C36H50N4O2/c41-30-14-11-13-26-27-15-18-37-32(33(27)38-31(26)30)28-23-36(42)17-8-4-1-2-5-9-19-39-21-16-29(28)35(24-39)22-25-12-7-3-6-10-20-40(25)34(35)36/h11,13-15,18,25,28-29,34,38,41-42H,1-10,12,16-17,19-24H2/t25-,28-,29+,34+,35-,36-/m0/s1. The van der Waals surface area contributed by atoms with Gasteiger partial charge in [0.15, 0.2) is 0 Å². The third kappa shape index (κ3) is 4.34. The molecule has 1 saturated carbocycles. The van der Waals surface area contributed by atoms with Crippen LogP contribution >= 0.6 is 0 Å². The molecule has 6 heteroatoms. The molecule has 6 nitrogen and oxygen atoms in total. The Hall–Kier alpha value is -2.15. The first-order valence-corrected chi connectivity index (χ1v) is 17.4. The highest BCUT2D eigenvalue weighted by atomic mass is 16.3. The van der Waals surface area contributed by atoms with Crippen molar-refractivity contribution in [2.75, 3.05) is 26.2 Å². The van der Waals surface area contributed by atoms with Crippen LogP contribution in [-0.4, -0.2) is 73.8 Å². The van der Waals surface area contributed by atoms with E-state index in [0.717, 1.165) is 59.9 Å². The Labute approximate surface area is 250 Å². The van der Waals surface area contributed by atoms with E-state index >= 15 is 0 Å². The number of aromatic amines is 1. The molecule has 1 aromatic carbocycles. The molecular weight excluding hydrogens is 520 g/mol. The first-order chi connectivity index (χ1) is 20.6. The number of fused-ring (bicyclic) bond motifs is 5. The van der Waals surface area contributed by atoms with Gasteiger partial charge in [0.1, 0.15) is 5.75 Å². The van der Waals surface area contributed by atoms with Crippen molar-refractivity contribution in [2.24, 2.45) is 11.3 Å². The average Bonchev–Trinajstić information content (AvgIpc) is 3.50. The zero-order valence-electron chi connectivity index (χ0n) is 25.4. The highest BCUT2D eigenvalue weighted by molar-refractivity contribution is 6.09. The first-order valence-electron chi connectivity index (χ1n) is 17.4. The third-order valence-corrected chi connectivity index (χ3v) is 12.5. The predicted molar refractivity (Wildman–Crippen MR) is 169 cm³/mol. The summed E-state index contributed by atoms with van der Waals surface area (Å²) in [5.41, 5.74) is 2.39. The minimum Gasteiger partial charge on any atom is -0.506 e. The van der Waals surface area contributed by atoms with E-state index in [1.807, 2.05) is 12.3 Å². The highest BCUT2D eigenvalue weighted by Crippen LogP contribution is 2.64. The van der Waals surface area contributed by atoms with E-state index in [1.165, 1.54) is 90.1 Å². The van der Waals surface area contributed by atoms with E-state index in [9.17, 15) is 10.2 Å². The molecule has 6 heterocycles. The number of nitrogens with one attached hydrogen (secondary N) is 1. The van der Waals surface area contributed by atoms with Gasteiger partial charge in [-0.1, -0.05) is 63.5 Å². The van der Waals surface area contributed by atoms with Crippen LogP contribution in [0.3, 0.4) is 0 Å². The molecule has 0 amide bonds. The Kier molecular flexibility index (Phi) is 7.03. The molecule has 0 radical (unpaired) electrons. The Morgan fingerprint density at radius 3 is 2.50 bits per heavy atom. The molecule has 3 N–H and O–H groups in total. The summed E-state index contributed by atoms with van der Waals surface area (Å²) >= 11 is 0. The second-order valence-electron chi connectivity index (χ2n) is 14.8. The van der Waals surface area contributed by atoms with Crippen LogP contribution in [0.5, 0.6) is 5.75 Å². The molecule has 1 unspecified atom stereocenters. The molecule has 1 spiro atoms. The van der Waals surface area contributed by atoms with Crippen LogP contribution in [0.4, 0.5) is 0 Å². The van der Waals surface area contributed by atoms with Crippen molar-refractivity contribution in [3.8, 4) is 5.75 Å². The molecule has 7 atom stereocenters. The minimum atomic E-state index is -0.704. The maximum Gasteiger partial charge on any atom is 0.139 e. The molecule has 4 saturated heterocycles.